The zero-order valence-corrected chi connectivity index (χ0v) is 8.52. The van der Waals surface area contributed by atoms with Crippen LogP contribution in [0.15, 0.2) is 29.4 Å². The Labute approximate surface area is 92.0 Å². The number of halogens is 1. The van der Waals surface area contributed by atoms with Crippen LogP contribution in [0.1, 0.15) is 11.1 Å². The molecule has 0 saturated carbocycles. The van der Waals surface area contributed by atoms with Crippen molar-refractivity contribution in [1.82, 2.24) is 0 Å². The Morgan fingerprint density at radius 1 is 1.60 bits per heavy atom. The Hall–Kier alpha value is -1.95. The Balaban J connectivity index is 2.90. The molecule has 0 aliphatic carbocycles. The first-order valence-electron chi connectivity index (χ1n) is 4.15. The number of benzene rings is 1. The molecule has 0 heterocycles. The van der Waals surface area contributed by atoms with Crippen LogP contribution in [0.4, 0.5) is 0 Å². The second-order valence-corrected chi connectivity index (χ2v) is 3.10. The minimum atomic E-state index is 0.268. The molecular formula is C10H7ClN4. The molecule has 5 heteroatoms. The monoisotopic (exact) mass is 218 g/mol. The summed E-state index contributed by atoms with van der Waals surface area (Å²) in [6, 6.07) is 7.08. The van der Waals surface area contributed by atoms with E-state index in [9.17, 15) is 0 Å². The lowest BCUT2D eigenvalue weighted by molar-refractivity contribution is 1.22. The van der Waals surface area contributed by atoms with Gasteiger partial charge < -0.3 is 0 Å². The molecule has 4 nitrogen and oxygen atoms in total. The summed E-state index contributed by atoms with van der Waals surface area (Å²) >= 11 is 5.74. The summed E-state index contributed by atoms with van der Waals surface area (Å²) in [4.78, 5) is 2.61. The van der Waals surface area contributed by atoms with E-state index in [1.54, 1.807) is 30.4 Å². The first-order valence-corrected chi connectivity index (χ1v) is 4.53. The highest BCUT2D eigenvalue weighted by Gasteiger charge is 1.98. The third-order valence-electron chi connectivity index (χ3n) is 1.68. The number of rotatable bonds is 3. The van der Waals surface area contributed by atoms with E-state index < -0.39 is 0 Å². The molecule has 74 valence electrons. The Kier molecular flexibility index (Phi) is 4.24. The summed E-state index contributed by atoms with van der Waals surface area (Å²) < 4.78 is 0. The van der Waals surface area contributed by atoms with Crippen LogP contribution in [0.25, 0.3) is 16.5 Å². The van der Waals surface area contributed by atoms with Gasteiger partial charge in [-0.1, -0.05) is 34.9 Å². The standard InChI is InChI=1S/C10H7ClN4/c11-10-4-3-8(9(6-10)7-12)2-1-5-14-15-13/h1-4,6H,5H2. The molecule has 0 unspecified atom stereocenters. The number of hydrogen-bond donors (Lipinski definition) is 0. The molecular weight excluding hydrogens is 212 g/mol. The van der Waals surface area contributed by atoms with Gasteiger partial charge in [0, 0.05) is 16.5 Å². The Morgan fingerprint density at radius 2 is 2.40 bits per heavy atom. The predicted molar refractivity (Wildman–Crippen MR) is 59.2 cm³/mol. The molecule has 0 fully saturated rings. The van der Waals surface area contributed by atoms with Crippen molar-refractivity contribution in [2.45, 2.75) is 0 Å². The van der Waals surface area contributed by atoms with Gasteiger partial charge in [0.25, 0.3) is 0 Å². The lowest BCUT2D eigenvalue weighted by Gasteiger charge is -1.97. The van der Waals surface area contributed by atoms with Gasteiger partial charge in [0.2, 0.25) is 0 Å². The molecule has 0 amide bonds. The van der Waals surface area contributed by atoms with E-state index in [1.807, 2.05) is 6.07 Å². The zero-order valence-electron chi connectivity index (χ0n) is 7.76. The van der Waals surface area contributed by atoms with Crippen LogP contribution in [0, 0.1) is 11.3 Å². The van der Waals surface area contributed by atoms with Crippen molar-refractivity contribution in [2.75, 3.05) is 6.54 Å². The van der Waals surface area contributed by atoms with Gasteiger partial charge in [0.05, 0.1) is 11.6 Å². The highest BCUT2D eigenvalue weighted by Crippen LogP contribution is 2.16. The number of azide groups is 1. The van der Waals surface area contributed by atoms with Crippen LogP contribution in [-0.4, -0.2) is 6.54 Å². The van der Waals surface area contributed by atoms with Crippen LogP contribution in [0.5, 0.6) is 0 Å². The van der Waals surface area contributed by atoms with Crippen molar-refractivity contribution in [3.63, 3.8) is 0 Å². The van der Waals surface area contributed by atoms with E-state index in [-0.39, 0.29) is 6.54 Å². The van der Waals surface area contributed by atoms with Gasteiger partial charge in [-0.3, -0.25) is 0 Å². The maximum atomic E-state index is 8.82. The van der Waals surface area contributed by atoms with E-state index in [1.165, 1.54) is 0 Å². The van der Waals surface area contributed by atoms with Crippen LogP contribution in [-0.2, 0) is 0 Å². The van der Waals surface area contributed by atoms with Crippen LogP contribution in [0.2, 0.25) is 5.02 Å². The summed E-state index contributed by atoms with van der Waals surface area (Å²) in [6.45, 7) is 0.268. The second-order valence-electron chi connectivity index (χ2n) is 2.66. The van der Waals surface area contributed by atoms with Gasteiger partial charge in [0.1, 0.15) is 0 Å². The van der Waals surface area contributed by atoms with E-state index >= 15 is 0 Å². The predicted octanol–water partition coefficient (Wildman–Crippen LogP) is 3.54. The third-order valence-corrected chi connectivity index (χ3v) is 1.92. The molecule has 0 bridgehead atoms. The fourth-order valence-corrected chi connectivity index (χ4v) is 1.21. The van der Waals surface area contributed by atoms with Crippen LogP contribution < -0.4 is 0 Å². The quantitative estimate of drug-likeness (QED) is 0.434. The molecule has 1 rings (SSSR count). The average Bonchev–Trinajstić information content (AvgIpc) is 2.26. The number of nitrogens with zero attached hydrogens (tertiary/aromatic N) is 4. The summed E-state index contributed by atoms with van der Waals surface area (Å²) in [6.07, 6.45) is 3.41. The van der Waals surface area contributed by atoms with Crippen molar-refractivity contribution in [1.29, 1.82) is 5.26 Å². The minimum Gasteiger partial charge on any atom is -0.192 e. The smallest absolute Gasteiger partial charge is 0.0998 e. The first kappa shape index (κ1) is 11.1. The lowest BCUT2D eigenvalue weighted by atomic mass is 10.1. The van der Waals surface area contributed by atoms with Gasteiger partial charge in [0.15, 0.2) is 0 Å². The number of hydrogen-bond acceptors (Lipinski definition) is 2. The maximum absolute atomic E-state index is 8.82. The molecule has 0 N–H and O–H groups in total. The van der Waals surface area contributed by atoms with E-state index in [2.05, 4.69) is 10.0 Å². The van der Waals surface area contributed by atoms with Crippen molar-refractivity contribution in [3.8, 4) is 6.07 Å². The van der Waals surface area contributed by atoms with Crippen molar-refractivity contribution < 1.29 is 0 Å². The molecule has 1 aromatic carbocycles. The number of nitriles is 1. The van der Waals surface area contributed by atoms with Gasteiger partial charge in [-0.15, -0.1) is 0 Å². The summed E-state index contributed by atoms with van der Waals surface area (Å²) in [5, 5.41) is 12.7. The lowest BCUT2D eigenvalue weighted by Crippen LogP contribution is -1.81. The average molecular weight is 219 g/mol. The molecule has 0 saturated heterocycles. The van der Waals surface area contributed by atoms with Gasteiger partial charge in [-0.25, -0.2) is 0 Å². The Morgan fingerprint density at radius 3 is 3.07 bits per heavy atom. The van der Waals surface area contributed by atoms with Crippen molar-refractivity contribution in [2.24, 2.45) is 5.11 Å². The molecule has 0 radical (unpaired) electrons. The summed E-state index contributed by atoms with van der Waals surface area (Å²) in [5.41, 5.74) is 9.31. The molecule has 0 atom stereocenters. The molecule has 15 heavy (non-hydrogen) atoms. The highest BCUT2D eigenvalue weighted by atomic mass is 35.5. The largest absolute Gasteiger partial charge is 0.192 e. The highest BCUT2D eigenvalue weighted by molar-refractivity contribution is 6.30. The van der Waals surface area contributed by atoms with Crippen molar-refractivity contribution >= 4 is 17.7 Å². The molecule has 0 aromatic heterocycles. The van der Waals surface area contributed by atoms with Gasteiger partial charge >= 0.3 is 0 Å². The maximum Gasteiger partial charge on any atom is 0.0998 e. The topological polar surface area (TPSA) is 72.5 Å². The molecule has 0 aliphatic heterocycles. The summed E-state index contributed by atoms with van der Waals surface area (Å²) in [5.74, 6) is 0. The molecule has 1 aromatic rings. The zero-order chi connectivity index (χ0) is 11.1. The van der Waals surface area contributed by atoms with Crippen LogP contribution >= 0.6 is 11.6 Å². The molecule has 0 spiro atoms. The third kappa shape index (κ3) is 3.35. The minimum absolute atomic E-state index is 0.268. The SMILES string of the molecule is N#Cc1cc(Cl)ccc1C=CCN=[N+]=[N-]. The molecule has 0 aliphatic rings. The van der Waals surface area contributed by atoms with E-state index in [0.29, 0.717) is 10.6 Å². The van der Waals surface area contributed by atoms with E-state index in [0.717, 1.165) is 5.56 Å². The normalized spacial score (nSPS) is 9.60. The fourth-order valence-electron chi connectivity index (χ4n) is 1.03. The first-order chi connectivity index (χ1) is 7.27. The summed E-state index contributed by atoms with van der Waals surface area (Å²) in [7, 11) is 0. The second kappa shape index (κ2) is 5.71. The Bertz CT molecular complexity index is 467. The van der Waals surface area contributed by atoms with Crippen LogP contribution in [0.3, 0.4) is 0 Å². The van der Waals surface area contributed by atoms with Gasteiger partial charge in [-0.05, 0) is 23.2 Å². The van der Waals surface area contributed by atoms with E-state index in [4.69, 9.17) is 22.4 Å². The van der Waals surface area contributed by atoms with Gasteiger partial charge in [-0.2, -0.15) is 5.26 Å². The fraction of sp³-hybridized carbons (Fsp3) is 0.100. The van der Waals surface area contributed by atoms with Crippen molar-refractivity contribution in [3.05, 3.63) is 50.9 Å².